The molecule has 4 heteroatoms. The molecule has 0 aromatic heterocycles. The maximum atomic E-state index is 9.88. The van der Waals surface area contributed by atoms with Crippen molar-refractivity contribution in [2.75, 3.05) is 34.3 Å². The summed E-state index contributed by atoms with van der Waals surface area (Å²) >= 11 is 0. The lowest BCUT2D eigenvalue weighted by atomic mass is 10.1. The van der Waals surface area contributed by atoms with E-state index in [1.54, 1.807) is 19.2 Å². The number of phenols is 1. The molecule has 2 N–H and O–H groups in total. The highest BCUT2D eigenvalue weighted by atomic mass is 16.5. The summed E-state index contributed by atoms with van der Waals surface area (Å²) in [6.45, 7) is 3.92. The fourth-order valence-corrected chi connectivity index (χ4v) is 1.71. The first kappa shape index (κ1) is 13.8. The maximum Gasteiger partial charge on any atom is 0.120 e. The zero-order valence-corrected chi connectivity index (χ0v) is 11.0. The second-order valence-corrected chi connectivity index (χ2v) is 4.18. The van der Waals surface area contributed by atoms with Crippen LogP contribution in [0.5, 0.6) is 11.5 Å². The van der Waals surface area contributed by atoms with E-state index in [1.807, 2.05) is 20.2 Å². The van der Waals surface area contributed by atoms with Gasteiger partial charge in [0.25, 0.3) is 0 Å². The molecular weight excluding hydrogens is 216 g/mol. The summed E-state index contributed by atoms with van der Waals surface area (Å²) in [5.74, 6) is 1.08. The van der Waals surface area contributed by atoms with Crippen molar-refractivity contribution in [3.05, 3.63) is 23.8 Å². The molecule has 1 rings (SSSR count). The first-order valence-electron chi connectivity index (χ1n) is 5.82. The number of hydrogen-bond acceptors (Lipinski definition) is 4. The third-order valence-electron chi connectivity index (χ3n) is 3.06. The summed E-state index contributed by atoms with van der Waals surface area (Å²) in [5, 5.41) is 13.0. The molecule has 0 saturated carbocycles. The Kier molecular flexibility index (Phi) is 5.25. The van der Waals surface area contributed by atoms with Crippen LogP contribution in [0.4, 0.5) is 0 Å². The number of hydrogen-bond donors (Lipinski definition) is 2. The Labute approximate surface area is 103 Å². The van der Waals surface area contributed by atoms with Crippen molar-refractivity contribution in [3.63, 3.8) is 0 Å². The predicted octanol–water partition coefficient (Wildman–Crippen LogP) is 1.61. The van der Waals surface area contributed by atoms with Crippen molar-refractivity contribution in [2.45, 2.75) is 13.0 Å². The molecule has 4 nitrogen and oxygen atoms in total. The molecule has 0 aliphatic heterocycles. The largest absolute Gasteiger partial charge is 0.508 e. The number of rotatable bonds is 6. The van der Waals surface area contributed by atoms with Crippen molar-refractivity contribution in [3.8, 4) is 11.5 Å². The van der Waals surface area contributed by atoms with E-state index in [2.05, 4.69) is 17.1 Å². The van der Waals surface area contributed by atoms with E-state index in [9.17, 15) is 5.11 Å². The lowest BCUT2D eigenvalue weighted by molar-refractivity contribution is 0.257. The number of aromatic hydroxyl groups is 1. The number of nitrogens with zero attached hydrogens (tertiary/aromatic N) is 1. The molecule has 17 heavy (non-hydrogen) atoms. The first-order chi connectivity index (χ1) is 8.10. The van der Waals surface area contributed by atoms with Crippen molar-refractivity contribution < 1.29 is 9.84 Å². The minimum atomic E-state index is 0.151. The number of nitrogens with one attached hydrogen (secondary N) is 1. The van der Waals surface area contributed by atoms with Crippen LogP contribution in [0, 0.1) is 0 Å². The molecule has 1 unspecified atom stereocenters. The van der Waals surface area contributed by atoms with Gasteiger partial charge in [-0.2, -0.15) is 0 Å². The van der Waals surface area contributed by atoms with E-state index in [-0.39, 0.29) is 6.04 Å². The first-order valence-corrected chi connectivity index (χ1v) is 5.82. The van der Waals surface area contributed by atoms with Crippen LogP contribution in [0.3, 0.4) is 0 Å². The standard InChI is InChI=1S/C13H22N2O2/c1-10(15(3)8-7-14-2)12-9-11(17-4)5-6-13(12)16/h5-6,9-10,14,16H,7-8H2,1-4H3. The van der Waals surface area contributed by atoms with E-state index < -0.39 is 0 Å². The summed E-state index contributed by atoms with van der Waals surface area (Å²) in [5.41, 5.74) is 0.892. The lowest BCUT2D eigenvalue weighted by Gasteiger charge is -2.25. The highest BCUT2D eigenvalue weighted by molar-refractivity contribution is 5.41. The molecule has 0 saturated heterocycles. The van der Waals surface area contributed by atoms with Crippen LogP contribution in [-0.2, 0) is 0 Å². The van der Waals surface area contributed by atoms with Gasteiger partial charge in [-0.1, -0.05) is 0 Å². The van der Waals surface area contributed by atoms with E-state index in [1.165, 1.54) is 0 Å². The Balaban J connectivity index is 2.82. The molecule has 0 spiro atoms. The van der Waals surface area contributed by atoms with Gasteiger partial charge in [-0.05, 0) is 39.2 Å². The molecule has 0 aliphatic carbocycles. The van der Waals surface area contributed by atoms with E-state index >= 15 is 0 Å². The lowest BCUT2D eigenvalue weighted by Crippen LogP contribution is -2.29. The van der Waals surface area contributed by atoms with Gasteiger partial charge < -0.3 is 15.2 Å². The molecule has 0 bridgehead atoms. The van der Waals surface area contributed by atoms with Crippen molar-refractivity contribution in [1.82, 2.24) is 10.2 Å². The number of phenolic OH excluding ortho intramolecular Hbond substituents is 1. The molecule has 0 heterocycles. The van der Waals surface area contributed by atoms with Crippen LogP contribution >= 0.6 is 0 Å². The summed E-state index contributed by atoms with van der Waals surface area (Å²) in [6.07, 6.45) is 0. The van der Waals surface area contributed by atoms with Gasteiger partial charge in [-0.25, -0.2) is 0 Å². The number of ether oxygens (including phenoxy) is 1. The second-order valence-electron chi connectivity index (χ2n) is 4.18. The Bertz CT molecular complexity index is 355. The van der Waals surface area contributed by atoms with E-state index in [4.69, 9.17) is 4.74 Å². The average molecular weight is 238 g/mol. The van der Waals surface area contributed by atoms with Gasteiger partial charge in [0.05, 0.1) is 7.11 Å². The molecule has 1 aromatic rings. The number of methoxy groups -OCH3 is 1. The number of benzene rings is 1. The topological polar surface area (TPSA) is 44.7 Å². The zero-order chi connectivity index (χ0) is 12.8. The Hall–Kier alpha value is -1.26. The Morgan fingerprint density at radius 2 is 2.18 bits per heavy atom. The van der Waals surface area contributed by atoms with Crippen LogP contribution < -0.4 is 10.1 Å². The molecular formula is C13H22N2O2. The molecule has 96 valence electrons. The molecule has 0 aliphatic rings. The molecule has 1 aromatic carbocycles. The summed E-state index contributed by atoms with van der Waals surface area (Å²) in [4.78, 5) is 2.19. The van der Waals surface area contributed by atoms with Crippen LogP contribution in [0.25, 0.3) is 0 Å². The maximum absolute atomic E-state index is 9.88. The van der Waals surface area contributed by atoms with E-state index in [0.29, 0.717) is 5.75 Å². The van der Waals surface area contributed by atoms with Gasteiger partial charge in [0.1, 0.15) is 11.5 Å². The molecule has 1 atom stereocenters. The van der Waals surface area contributed by atoms with Crippen LogP contribution in [0.2, 0.25) is 0 Å². The minimum absolute atomic E-state index is 0.151. The van der Waals surface area contributed by atoms with Gasteiger partial charge in [-0.3, -0.25) is 4.90 Å². The summed E-state index contributed by atoms with van der Waals surface area (Å²) in [7, 11) is 5.61. The van der Waals surface area contributed by atoms with Crippen molar-refractivity contribution >= 4 is 0 Å². The highest BCUT2D eigenvalue weighted by Gasteiger charge is 2.15. The SMILES string of the molecule is CNCCN(C)C(C)c1cc(OC)ccc1O. The third-order valence-corrected chi connectivity index (χ3v) is 3.06. The van der Waals surface area contributed by atoms with Crippen LogP contribution in [0.15, 0.2) is 18.2 Å². The van der Waals surface area contributed by atoms with Crippen LogP contribution in [-0.4, -0.2) is 44.3 Å². The third kappa shape index (κ3) is 3.61. The van der Waals surface area contributed by atoms with Gasteiger partial charge in [0.15, 0.2) is 0 Å². The van der Waals surface area contributed by atoms with Crippen molar-refractivity contribution in [1.29, 1.82) is 0 Å². The Morgan fingerprint density at radius 3 is 2.76 bits per heavy atom. The fourth-order valence-electron chi connectivity index (χ4n) is 1.71. The van der Waals surface area contributed by atoms with Crippen molar-refractivity contribution in [2.24, 2.45) is 0 Å². The average Bonchev–Trinajstić information content (AvgIpc) is 2.35. The highest BCUT2D eigenvalue weighted by Crippen LogP contribution is 2.30. The quantitative estimate of drug-likeness (QED) is 0.790. The van der Waals surface area contributed by atoms with Crippen LogP contribution in [0.1, 0.15) is 18.5 Å². The normalized spacial score (nSPS) is 12.8. The van der Waals surface area contributed by atoms with Gasteiger partial charge >= 0.3 is 0 Å². The monoisotopic (exact) mass is 238 g/mol. The van der Waals surface area contributed by atoms with E-state index in [0.717, 1.165) is 24.4 Å². The minimum Gasteiger partial charge on any atom is -0.508 e. The van der Waals surface area contributed by atoms with Gasteiger partial charge in [0, 0.05) is 24.7 Å². The fraction of sp³-hybridized carbons (Fsp3) is 0.538. The molecule has 0 fully saturated rings. The van der Waals surface area contributed by atoms with Gasteiger partial charge in [-0.15, -0.1) is 0 Å². The number of likely N-dealkylation sites (N-methyl/N-ethyl adjacent to an activating group) is 2. The molecule has 0 radical (unpaired) electrons. The molecule has 0 amide bonds. The van der Waals surface area contributed by atoms with Gasteiger partial charge in [0.2, 0.25) is 0 Å². The smallest absolute Gasteiger partial charge is 0.120 e. The predicted molar refractivity (Wildman–Crippen MR) is 69.6 cm³/mol. The second kappa shape index (κ2) is 6.47. The Morgan fingerprint density at radius 1 is 1.47 bits per heavy atom. The zero-order valence-electron chi connectivity index (χ0n) is 11.0. The summed E-state index contributed by atoms with van der Waals surface area (Å²) < 4.78 is 5.18. The summed E-state index contributed by atoms with van der Waals surface area (Å²) in [6, 6.07) is 5.48.